The van der Waals surface area contributed by atoms with E-state index in [9.17, 15) is 14.8 Å². The summed E-state index contributed by atoms with van der Waals surface area (Å²) in [7, 11) is 0. The predicted molar refractivity (Wildman–Crippen MR) is 103 cm³/mol. The van der Waals surface area contributed by atoms with Crippen molar-refractivity contribution in [3.8, 4) is 0 Å². The summed E-state index contributed by atoms with van der Waals surface area (Å²) < 4.78 is 11.4. The van der Waals surface area contributed by atoms with Gasteiger partial charge in [-0.25, -0.2) is 0 Å². The van der Waals surface area contributed by atoms with Crippen LogP contribution in [0.5, 0.6) is 0 Å². The van der Waals surface area contributed by atoms with Crippen LogP contribution >= 0.6 is 0 Å². The number of hydrogen-bond donors (Lipinski definition) is 1. The van der Waals surface area contributed by atoms with E-state index in [2.05, 4.69) is 12.1 Å². The van der Waals surface area contributed by atoms with Gasteiger partial charge < -0.3 is 14.7 Å². The van der Waals surface area contributed by atoms with Crippen LogP contribution in [0.25, 0.3) is 0 Å². The lowest BCUT2D eigenvalue weighted by Gasteiger charge is -2.54. The van der Waals surface area contributed by atoms with Gasteiger partial charge in [0.05, 0.1) is 5.71 Å². The summed E-state index contributed by atoms with van der Waals surface area (Å²) >= 11 is 0. The first-order valence-corrected chi connectivity index (χ1v) is 10.6. The number of rotatable bonds is 2. The first kappa shape index (κ1) is 19.5. The Morgan fingerprint density at radius 2 is 1.86 bits per heavy atom. The van der Waals surface area contributed by atoms with Crippen LogP contribution in [0.2, 0.25) is 0 Å². The molecular weight excluding hydrogens is 358 g/mol. The molecule has 154 valence electrons. The molecule has 4 rings (SSSR count). The molecule has 4 aliphatic rings. The summed E-state index contributed by atoms with van der Waals surface area (Å²) in [4.78, 5) is 23.3. The van der Waals surface area contributed by atoms with E-state index in [1.165, 1.54) is 19.4 Å². The Morgan fingerprint density at radius 1 is 1.11 bits per heavy atom. The minimum Gasteiger partial charge on any atom is -0.462 e. The lowest BCUT2D eigenvalue weighted by Crippen LogP contribution is -2.51. The van der Waals surface area contributed by atoms with Crippen molar-refractivity contribution in [1.29, 1.82) is 0 Å². The van der Waals surface area contributed by atoms with Crippen molar-refractivity contribution in [2.24, 2.45) is 34.2 Å². The third-order valence-electron chi connectivity index (χ3n) is 7.98. The molecule has 4 aliphatic carbocycles. The summed E-state index contributed by atoms with van der Waals surface area (Å²) in [5.74, 6) is 1.34. The highest BCUT2D eigenvalue weighted by Crippen LogP contribution is 2.62. The lowest BCUT2D eigenvalue weighted by atomic mass is 9.51. The summed E-state index contributed by atoms with van der Waals surface area (Å²) in [6, 6.07) is 0. The summed E-state index contributed by atoms with van der Waals surface area (Å²) in [5.41, 5.74) is 1.93. The molecule has 3 saturated carbocycles. The highest BCUT2D eigenvalue weighted by molar-refractivity contribution is 5.96. The van der Waals surface area contributed by atoms with E-state index in [0.717, 1.165) is 38.5 Å². The Morgan fingerprint density at radius 3 is 2.54 bits per heavy atom. The quantitative estimate of drug-likeness (QED) is 0.440. The van der Waals surface area contributed by atoms with Crippen LogP contribution < -0.4 is 0 Å². The molecule has 6 nitrogen and oxygen atoms in total. The topological polar surface area (TPSA) is 85.2 Å². The third-order valence-corrected chi connectivity index (χ3v) is 7.98. The van der Waals surface area contributed by atoms with Crippen LogP contribution in [0.4, 0.5) is 0 Å². The summed E-state index contributed by atoms with van der Waals surface area (Å²) in [6.07, 6.45) is 8.47. The van der Waals surface area contributed by atoms with Crippen LogP contribution in [0.1, 0.15) is 65.7 Å². The van der Waals surface area contributed by atoms with Crippen molar-refractivity contribution in [3.05, 3.63) is 11.6 Å². The average molecular weight is 389 g/mol. The normalized spacial score (nSPS) is 43.4. The Labute approximate surface area is 166 Å². The van der Waals surface area contributed by atoms with Gasteiger partial charge in [0.25, 0.3) is 0 Å². The molecule has 3 fully saturated rings. The minimum atomic E-state index is -0.276. The number of allylic oxidation sites excluding steroid dienone is 1. The minimum absolute atomic E-state index is 0.0247. The Hall–Kier alpha value is -1.85. The number of hydrogen-bond acceptors (Lipinski definition) is 6. The van der Waals surface area contributed by atoms with E-state index < -0.39 is 0 Å². The highest BCUT2D eigenvalue weighted by Gasteiger charge is 2.58. The summed E-state index contributed by atoms with van der Waals surface area (Å²) in [6.45, 7) is 5.26. The van der Waals surface area contributed by atoms with Gasteiger partial charge in [0.15, 0.2) is 0 Å². The average Bonchev–Trinajstić information content (AvgIpc) is 2.96. The van der Waals surface area contributed by atoms with Gasteiger partial charge in [-0.3, -0.25) is 9.59 Å². The first-order chi connectivity index (χ1) is 13.3. The van der Waals surface area contributed by atoms with Gasteiger partial charge in [-0.1, -0.05) is 17.7 Å². The van der Waals surface area contributed by atoms with Gasteiger partial charge in [0, 0.05) is 31.6 Å². The van der Waals surface area contributed by atoms with E-state index >= 15 is 0 Å². The van der Waals surface area contributed by atoms with Crippen molar-refractivity contribution in [3.63, 3.8) is 0 Å². The fraction of sp³-hybridized carbons (Fsp3) is 0.773. The first-order valence-electron chi connectivity index (χ1n) is 10.6. The number of carbonyl (C=O) groups is 2. The maximum absolute atomic E-state index is 11.7. The smallest absolute Gasteiger partial charge is 0.302 e. The number of fused-ring (bicyclic) bond motifs is 5. The molecule has 0 unspecified atom stereocenters. The van der Waals surface area contributed by atoms with E-state index in [4.69, 9.17) is 9.47 Å². The number of ether oxygens (including phenoxy) is 2. The molecule has 6 heteroatoms. The maximum atomic E-state index is 11.7. The Bertz CT molecular complexity index is 728. The molecule has 0 aromatic rings. The largest absolute Gasteiger partial charge is 0.462 e. The van der Waals surface area contributed by atoms with Gasteiger partial charge in [-0.05, 0) is 62.4 Å². The molecule has 28 heavy (non-hydrogen) atoms. The second-order valence-electron chi connectivity index (χ2n) is 9.38. The van der Waals surface area contributed by atoms with E-state index in [0.29, 0.717) is 29.9 Å². The molecule has 1 N–H and O–H groups in total. The van der Waals surface area contributed by atoms with Gasteiger partial charge in [-0.15, -0.1) is 0 Å². The molecule has 0 heterocycles. The van der Waals surface area contributed by atoms with E-state index in [1.54, 1.807) is 0 Å². The lowest BCUT2D eigenvalue weighted by molar-refractivity contribution is -0.158. The number of nitrogens with zero attached hydrogens (tertiary/aromatic N) is 1. The Kier molecular flexibility index (Phi) is 5.00. The molecule has 0 aliphatic heterocycles. The van der Waals surface area contributed by atoms with Crippen LogP contribution in [0.15, 0.2) is 16.8 Å². The molecule has 0 amide bonds. The molecule has 0 aromatic carbocycles. The third kappa shape index (κ3) is 3.15. The van der Waals surface area contributed by atoms with Gasteiger partial charge in [-0.2, -0.15) is 0 Å². The van der Waals surface area contributed by atoms with E-state index in [1.807, 2.05) is 6.08 Å². The fourth-order valence-corrected chi connectivity index (χ4v) is 6.99. The molecular formula is C22H31NO5. The zero-order valence-corrected chi connectivity index (χ0v) is 17.0. The monoisotopic (exact) mass is 389 g/mol. The van der Waals surface area contributed by atoms with Crippen LogP contribution in [-0.2, 0) is 19.1 Å². The Balaban J connectivity index is 1.62. The molecule has 0 bridgehead atoms. The zero-order chi connectivity index (χ0) is 20.1. The molecule has 0 saturated heterocycles. The summed E-state index contributed by atoms with van der Waals surface area (Å²) in [5, 5.41) is 12.7. The van der Waals surface area contributed by atoms with Gasteiger partial charge >= 0.3 is 11.9 Å². The zero-order valence-electron chi connectivity index (χ0n) is 17.0. The van der Waals surface area contributed by atoms with Crippen LogP contribution in [0.3, 0.4) is 0 Å². The van der Waals surface area contributed by atoms with Gasteiger partial charge in [0.1, 0.15) is 12.2 Å². The maximum Gasteiger partial charge on any atom is 0.302 e. The molecule has 0 spiro atoms. The number of carbonyl (C=O) groups excluding carboxylic acids is 2. The van der Waals surface area contributed by atoms with Crippen molar-refractivity contribution in [2.45, 2.75) is 77.9 Å². The van der Waals surface area contributed by atoms with Crippen molar-refractivity contribution < 1.29 is 24.3 Å². The van der Waals surface area contributed by atoms with Crippen molar-refractivity contribution in [2.75, 3.05) is 0 Å². The second kappa shape index (κ2) is 7.20. The van der Waals surface area contributed by atoms with E-state index in [-0.39, 0.29) is 35.5 Å². The number of esters is 2. The predicted octanol–water partition coefficient (Wildman–Crippen LogP) is 3.86. The second-order valence-corrected chi connectivity index (χ2v) is 9.38. The standard InChI is InChI=1S/C22H31NO5/c1-12(24)27-19-11-15(23-26)10-14-4-5-16-17(21(14)19)8-9-22(3)18(16)6-7-20(22)28-13(2)25/h10,16-21,26H,4-9,11H2,1-3H3/b23-15-/t16-,17+,18+,19-,20+,21+,22+/m1/s1. The van der Waals surface area contributed by atoms with Crippen LogP contribution in [-0.4, -0.2) is 35.1 Å². The molecule has 7 atom stereocenters. The van der Waals surface area contributed by atoms with Crippen molar-refractivity contribution in [1.82, 2.24) is 0 Å². The van der Waals surface area contributed by atoms with Gasteiger partial charge in [0.2, 0.25) is 0 Å². The molecule has 0 radical (unpaired) electrons. The molecule has 0 aromatic heterocycles. The fourth-order valence-electron chi connectivity index (χ4n) is 6.99. The van der Waals surface area contributed by atoms with Crippen molar-refractivity contribution >= 4 is 17.7 Å². The SMILES string of the molecule is CC(=O)O[C@H]1CC[C@H]2[C@@H]3CCC4=C/C(=N/O)C[C@@H](OC(C)=O)[C@@H]4[C@H]3CC[C@]12C. The number of oxime groups is 1. The van der Waals surface area contributed by atoms with Crippen LogP contribution in [0, 0.1) is 29.1 Å². The highest BCUT2D eigenvalue weighted by atomic mass is 16.5.